The number of nitrogens with one attached hydrogen (secondary N) is 1. The Morgan fingerprint density at radius 1 is 1.23 bits per heavy atom. The first kappa shape index (κ1) is 18.1. The third-order valence-electron chi connectivity index (χ3n) is 2.89. The first-order chi connectivity index (χ1) is 10.2. The Balaban J connectivity index is 2.98. The van der Waals surface area contributed by atoms with E-state index in [2.05, 4.69) is 9.46 Å². The lowest BCUT2D eigenvalue weighted by Gasteiger charge is -2.16. The number of aliphatic carboxylic acids is 1. The Hall–Kier alpha value is -1.93. The Morgan fingerprint density at radius 2 is 1.77 bits per heavy atom. The summed E-state index contributed by atoms with van der Waals surface area (Å²) in [6.07, 6.45) is 0.175. The Bertz CT molecular complexity index is 636. The molecule has 1 unspecified atom stereocenters. The van der Waals surface area contributed by atoms with Gasteiger partial charge in [0.1, 0.15) is 6.04 Å². The van der Waals surface area contributed by atoms with Crippen molar-refractivity contribution in [2.45, 2.75) is 31.2 Å². The molecule has 0 aliphatic heterocycles. The van der Waals surface area contributed by atoms with E-state index in [1.54, 1.807) is 13.8 Å². The molecular weight excluding hydrogens is 310 g/mol. The lowest BCUT2D eigenvalue weighted by Crippen LogP contribution is -2.41. The number of carbonyl (C=O) groups excluding carboxylic acids is 1. The summed E-state index contributed by atoms with van der Waals surface area (Å²) in [6, 6.07) is 3.86. The zero-order valence-corrected chi connectivity index (χ0v) is 13.4. The van der Waals surface area contributed by atoms with Crippen molar-refractivity contribution in [3.05, 3.63) is 29.8 Å². The van der Waals surface area contributed by atoms with Crippen LogP contribution in [0, 0.1) is 5.92 Å². The van der Waals surface area contributed by atoms with Crippen molar-refractivity contribution in [3.8, 4) is 0 Å². The van der Waals surface area contributed by atoms with Gasteiger partial charge in [-0.2, -0.15) is 4.72 Å². The molecule has 7 nitrogen and oxygen atoms in total. The molecule has 0 spiro atoms. The van der Waals surface area contributed by atoms with Crippen LogP contribution < -0.4 is 4.72 Å². The van der Waals surface area contributed by atoms with Crippen LogP contribution >= 0.6 is 0 Å². The van der Waals surface area contributed by atoms with Crippen LogP contribution in [0.1, 0.15) is 30.6 Å². The number of rotatable bonds is 7. The smallest absolute Gasteiger partial charge is 0.337 e. The lowest BCUT2D eigenvalue weighted by atomic mass is 10.1. The fourth-order valence-corrected chi connectivity index (χ4v) is 3.02. The quantitative estimate of drug-likeness (QED) is 0.729. The van der Waals surface area contributed by atoms with Gasteiger partial charge in [-0.15, -0.1) is 0 Å². The number of hydrogen-bond donors (Lipinski definition) is 2. The summed E-state index contributed by atoms with van der Waals surface area (Å²) in [4.78, 5) is 22.3. The van der Waals surface area contributed by atoms with E-state index in [1.165, 1.54) is 31.4 Å². The molecular formula is C14H19NO6S. The zero-order chi connectivity index (χ0) is 16.9. The molecule has 0 saturated carbocycles. The highest BCUT2D eigenvalue weighted by Gasteiger charge is 2.26. The van der Waals surface area contributed by atoms with Gasteiger partial charge in [0.25, 0.3) is 0 Å². The first-order valence-corrected chi connectivity index (χ1v) is 8.09. The van der Waals surface area contributed by atoms with Gasteiger partial charge in [0.15, 0.2) is 0 Å². The standard InChI is InChI=1S/C14H19NO6S/c1-9(2)8-12(13(16)17)15-22(19,20)11-6-4-10(5-7-11)14(18)21-3/h4-7,9,12,15H,8H2,1-3H3,(H,16,17). The van der Waals surface area contributed by atoms with E-state index in [1.807, 2.05) is 0 Å². The molecule has 0 aliphatic rings. The number of carboxylic acids is 1. The van der Waals surface area contributed by atoms with Gasteiger partial charge in [0.05, 0.1) is 17.6 Å². The van der Waals surface area contributed by atoms with Gasteiger partial charge in [-0.1, -0.05) is 13.8 Å². The largest absolute Gasteiger partial charge is 0.480 e. The minimum absolute atomic E-state index is 0.0190. The van der Waals surface area contributed by atoms with Gasteiger partial charge in [0, 0.05) is 0 Å². The molecule has 1 aromatic carbocycles. The van der Waals surface area contributed by atoms with Crippen LogP contribution in [-0.2, 0) is 19.6 Å². The van der Waals surface area contributed by atoms with E-state index in [0.717, 1.165) is 0 Å². The maximum Gasteiger partial charge on any atom is 0.337 e. The molecule has 8 heteroatoms. The van der Waals surface area contributed by atoms with Crippen LogP contribution in [0.15, 0.2) is 29.2 Å². The van der Waals surface area contributed by atoms with Crippen molar-refractivity contribution in [1.29, 1.82) is 0 Å². The van der Waals surface area contributed by atoms with Crippen LogP contribution in [-0.4, -0.2) is 38.6 Å². The van der Waals surface area contributed by atoms with E-state index < -0.39 is 28.0 Å². The summed E-state index contributed by atoms with van der Waals surface area (Å²) >= 11 is 0. The van der Waals surface area contributed by atoms with Crippen LogP contribution in [0.3, 0.4) is 0 Å². The second kappa shape index (κ2) is 7.37. The molecule has 0 radical (unpaired) electrons. The molecule has 0 heterocycles. The van der Waals surface area contributed by atoms with Crippen molar-refractivity contribution in [3.63, 3.8) is 0 Å². The van der Waals surface area contributed by atoms with Crippen LogP contribution in [0.4, 0.5) is 0 Å². The van der Waals surface area contributed by atoms with Crippen molar-refractivity contribution in [1.82, 2.24) is 4.72 Å². The van der Waals surface area contributed by atoms with Crippen molar-refractivity contribution >= 4 is 22.0 Å². The molecule has 22 heavy (non-hydrogen) atoms. The molecule has 0 aromatic heterocycles. The van der Waals surface area contributed by atoms with Gasteiger partial charge in [-0.25, -0.2) is 13.2 Å². The van der Waals surface area contributed by atoms with Crippen LogP contribution in [0.2, 0.25) is 0 Å². The lowest BCUT2D eigenvalue weighted by molar-refractivity contribution is -0.139. The number of esters is 1. The van der Waals surface area contributed by atoms with E-state index in [0.29, 0.717) is 0 Å². The third kappa shape index (κ3) is 4.81. The van der Waals surface area contributed by atoms with Crippen molar-refractivity contribution in [2.24, 2.45) is 5.92 Å². The Labute approximate surface area is 129 Å². The number of ether oxygens (including phenoxy) is 1. The van der Waals surface area contributed by atoms with Crippen LogP contribution in [0.5, 0.6) is 0 Å². The predicted molar refractivity (Wildman–Crippen MR) is 79.0 cm³/mol. The highest BCUT2D eigenvalue weighted by molar-refractivity contribution is 7.89. The Kier molecular flexibility index (Phi) is 6.07. The van der Waals surface area contributed by atoms with Crippen molar-refractivity contribution in [2.75, 3.05) is 7.11 Å². The molecule has 0 aliphatic carbocycles. The summed E-state index contributed by atoms with van der Waals surface area (Å²) in [5, 5.41) is 9.09. The average molecular weight is 329 g/mol. The summed E-state index contributed by atoms with van der Waals surface area (Å²) in [7, 11) is -2.76. The fraction of sp³-hybridized carbons (Fsp3) is 0.429. The van der Waals surface area contributed by atoms with Crippen molar-refractivity contribution < 1.29 is 27.9 Å². The molecule has 2 N–H and O–H groups in total. The number of carboxylic acid groups (broad SMARTS) is 1. The second-order valence-electron chi connectivity index (χ2n) is 5.16. The first-order valence-electron chi connectivity index (χ1n) is 6.61. The number of carbonyl (C=O) groups is 2. The topological polar surface area (TPSA) is 110 Å². The molecule has 0 fully saturated rings. The highest BCUT2D eigenvalue weighted by Crippen LogP contribution is 2.14. The summed E-state index contributed by atoms with van der Waals surface area (Å²) in [6.45, 7) is 3.60. The maximum absolute atomic E-state index is 12.2. The molecule has 1 rings (SSSR count). The van der Waals surface area contributed by atoms with Gasteiger partial charge in [-0.05, 0) is 36.6 Å². The number of benzene rings is 1. The average Bonchev–Trinajstić information content (AvgIpc) is 2.45. The molecule has 0 amide bonds. The molecule has 0 bridgehead atoms. The number of sulfonamides is 1. The molecule has 0 saturated heterocycles. The Morgan fingerprint density at radius 3 is 2.18 bits per heavy atom. The number of methoxy groups -OCH3 is 1. The molecule has 1 atom stereocenters. The molecule has 1 aromatic rings. The SMILES string of the molecule is COC(=O)c1ccc(S(=O)(=O)NC(CC(C)C)C(=O)O)cc1. The third-order valence-corrected chi connectivity index (χ3v) is 4.38. The van der Waals surface area contributed by atoms with E-state index in [4.69, 9.17) is 5.11 Å². The van der Waals surface area contributed by atoms with E-state index >= 15 is 0 Å². The van der Waals surface area contributed by atoms with Gasteiger partial charge in [-0.3, -0.25) is 4.79 Å². The summed E-state index contributed by atoms with van der Waals surface area (Å²) in [5.74, 6) is -1.80. The molecule has 122 valence electrons. The van der Waals surface area contributed by atoms with E-state index in [9.17, 15) is 18.0 Å². The second-order valence-corrected chi connectivity index (χ2v) is 6.87. The minimum atomic E-state index is -3.98. The summed E-state index contributed by atoms with van der Waals surface area (Å²) in [5.41, 5.74) is 0.207. The highest BCUT2D eigenvalue weighted by atomic mass is 32.2. The van der Waals surface area contributed by atoms with Crippen LogP contribution in [0.25, 0.3) is 0 Å². The number of hydrogen-bond acceptors (Lipinski definition) is 5. The normalized spacial score (nSPS) is 12.9. The monoisotopic (exact) mass is 329 g/mol. The predicted octanol–water partition coefficient (Wildman–Crippen LogP) is 1.25. The van der Waals surface area contributed by atoms with Gasteiger partial charge in [0.2, 0.25) is 10.0 Å². The fourth-order valence-electron chi connectivity index (χ4n) is 1.81. The minimum Gasteiger partial charge on any atom is -0.480 e. The maximum atomic E-state index is 12.2. The van der Waals surface area contributed by atoms with Gasteiger partial charge < -0.3 is 9.84 Å². The van der Waals surface area contributed by atoms with E-state index in [-0.39, 0.29) is 22.8 Å². The van der Waals surface area contributed by atoms with Gasteiger partial charge >= 0.3 is 11.9 Å². The zero-order valence-electron chi connectivity index (χ0n) is 12.6. The summed E-state index contributed by atoms with van der Waals surface area (Å²) < 4.78 is 31.1.